The first kappa shape index (κ1) is 24.2. The molecular formula is C22H24N7O5S2+. The molecule has 2 fully saturated rings. The number of thioether (sulfide) groups is 1. The Labute approximate surface area is 214 Å². The van der Waals surface area contributed by atoms with Crippen LogP contribution in [0.5, 0.6) is 0 Å². The highest BCUT2D eigenvalue weighted by atomic mass is 32.2. The molecule has 2 atom stereocenters. The first-order valence-electron chi connectivity index (χ1n) is 11.4. The van der Waals surface area contributed by atoms with Crippen LogP contribution in [0.15, 0.2) is 41.5 Å². The summed E-state index contributed by atoms with van der Waals surface area (Å²) in [5.41, 5.74) is 6.80. The molecule has 2 aromatic rings. The highest BCUT2D eigenvalue weighted by Gasteiger charge is 2.50. The number of nitrogens with two attached hydrogens (primary N) is 1. The summed E-state index contributed by atoms with van der Waals surface area (Å²) in [4.78, 5) is 48.2. The fourth-order valence-electron chi connectivity index (χ4n) is 4.23. The van der Waals surface area contributed by atoms with E-state index in [1.165, 1.54) is 12.1 Å². The average Bonchev–Trinajstić information content (AvgIpc) is 3.55. The number of hydrogen-bond donors (Lipinski definition) is 3. The van der Waals surface area contributed by atoms with E-state index in [2.05, 4.69) is 19.8 Å². The van der Waals surface area contributed by atoms with Gasteiger partial charge in [-0.3, -0.25) is 9.59 Å². The number of β-lactam (4-membered cyclic amide) rings is 1. The molecule has 1 saturated carbocycles. The minimum Gasteiger partial charge on any atom is -0.478 e. The second-order valence-corrected chi connectivity index (χ2v) is 10.5. The van der Waals surface area contributed by atoms with E-state index in [9.17, 15) is 14.4 Å². The Morgan fingerprint density at radius 3 is 2.72 bits per heavy atom. The van der Waals surface area contributed by atoms with Gasteiger partial charge < -0.3 is 25.9 Å². The molecule has 12 nitrogen and oxygen atoms in total. The molecule has 3 aliphatic rings. The molecule has 1 saturated heterocycles. The molecule has 4 N–H and O–H groups in total. The number of fused-ring (bicyclic) bond motifs is 1. The molecule has 2 aromatic heterocycles. The number of oxime groups is 1. The van der Waals surface area contributed by atoms with Crippen molar-refractivity contribution in [2.45, 2.75) is 49.7 Å². The van der Waals surface area contributed by atoms with Crippen LogP contribution in [-0.2, 0) is 21.0 Å². The number of aromatic nitrogens is 3. The number of aromatic carboxylic acids is 1. The molecule has 5 rings (SSSR count). The third-order valence-corrected chi connectivity index (χ3v) is 8.04. The van der Waals surface area contributed by atoms with E-state index in [0.717, 1.165) is 42.8 Å². The van der Waals surface area contributed by atoms with Crippen molar-refractivity contribution in [2.75, 3.05) is 11.5 Å². The van der Waals surface area contributed by atoms with Crippen LogP contribution >= 0.6 is 23.3 Å². The molecule has 0 bridgehead atoms. The Morgan fingerprint density at radius 2 is 2.06 bits per heavy atom. The van der Waals surface area contributed by atoms with Crippen LogP contribution in [0, 0.1) is 0 Å². The van der Waals surface area contributed by atoms with Gasteiger partial charge in [-0.15, -0.1) is 11.8 Å². The number of carboxylic acid groups (broad SMARTS) is 1. The van der Waals surface area contributed by atoms with Gasteiger partial charge in [0, 0.05) is 41.2 Å². The number of carboxylic acids is 1. The summed E-state index contributed by atoms with van der Waals surface area (Å²) in [6.07, 6.45) is 8.97. The smallest absolute Gasteiger partial charge is 0.336 e. The predicted octanol–water partition coefficient (Wildman–Crippen LogP) is 0.753. The van der Waals surface area contributed by atoms with Crippen molar-refractivity contribution in [3.63, 3.8) is 0 Å². The number of nitrogens with zero attached hydrogens (tertiary/aromatic N) is 5. The van der Waals surface area contributed by atoms with Gasteiger partial charge in [-0.25, -0.2) is 9.36 Å². The minimum absolute atomic E-state index is 0.0553. The number of pyridine rings is 1. The molecule has 4 heterocycles. The van der Waals surface area contributed by atoms with Crippen molar-refractivity contribution in [3.8, 4) is 0 Å². The Bertz CT molecular complexity index is 1240. The van der Waals surface area contributed by atoms with Crippen LogP contribution in [-0.4, -0.2) is 66.1 Å². The third-order valence-electron chi connectivity index (χ3n) is 6.12. The van der Waals surface area contributed by atoms with E-state index in [1.54, 1.807) is 35.3 Å². The molecule has 14 heteroatoms. The van der Waals surface area contributed by atoms with Crippen LogP contribution in [0.25, 0.3) is 0 Å². The normalized spacial score (nSPS) is 22.0. The van der Waals surface area contributed by atoms with Gasteiger partial charge in [0.25, 0.3) is 11.8 Å². The summed E-state index contributed by atoms with van der Waals surface area (Å²) >= 11 is 2.49. The van der Waals surface area contributed by atoms with E-state index in [1.807, 2.05) is 4.57 Å². The van der Waals surface area contributed by atoms with Gasteiger partial charge in [0.1, 0.15) is 17.5 Å². The van der Waals surface area contributed by atoms with Crippen molar-refractivity contribution in [3.05, 3.63) is 47.7 Å². The SMILES string of the molecule is Nc1nc(C(=NOC2CCCC2)C(=O)NC2C(=O)N3C=C(C[n+]4ccc(C(=O)O)cc4)CS[C@@H]23)ns1. The maximum Gasteiger partial charge on any atom is 0.336 e. The fraction of sp³-hybridized carbons (Fsp3) is 0.409. The zero-order valence-corrected chi connectivity index (χ0v) is 20.7. The lowest BCUT2D eigenvalue weighted by atomic mass is 10.1. The summed E-state index contributed by atoms with van der Waals surface area (Å²) in [6.45, 7) is 0.520. The van der Waals surface area contributed by atoms with Gasteiger partial charge in [0.05, 0.1) is 5.56 Å². The van der Waals surface area contributed by atoms with E-state index >= 15 is 0 Å². The molecule has 0 radical (unpaired) electrons. The Morgan fingerprint density at radius 1 is 1.31 bits per heavy atom. The van der Waals surface area contributed by atoms with Crippen molar-refractivity contribution < 1.29 is 28.9 Å². The number of rotatable bonds is 8. The van der Waals surface area contributed by atoms with Crippen molar-refractivity contribution in [1.82, 2.24) is 19.6 Å². The Kier molecular flexibility index (Phi) is 6.87. The number of hydrogen-bond acceptors (Lipinski definition) is 10. The maximum absolute atomic E-state index is 13.1. The molecule has 188 valence electrons. The Balaban J connectivity index is 1.23. The summed E-state index contributed by atoms with van der Waals surface area (Å²) in [5.74, 6) is -1.07. The van der Waals surface area contributed by atoms with E-state index in [0.29, 0.717) is 12.3 Å². The standard InChI is InChI=1S/C22H23N7O5S2/c23-22-25-17(27-36-22)15(26-34-14-3-1-2-4-14)18(30)24-16-19(31)29-10-12(11-35-20(16)29)9-28-7-5-13(6-8-28)21(32)33/h5-8,10,14,16,20H,1-4,9,11H2,(H3-,23,24,25,27,30,32,33)/p+1/t16?,20-/m0/s1. The van der Waals surface area contributed by atoms with Crippen LogP contribution in [0.4, 0.5) is 5.13 Å². The molecular weight excluding hydrogens is 506 g/mol. The molecule has 1 aliphatic carbocycles. The van der Waals surface area contributed by atoms with Gasteiger partial charge in [0.15, 0.2) is 24.1 Å². The maximum atomic E-state index is 13.1. The first-order chi connectivity index (χ1) is 17.4. The van der Waals surface area contributed by atoms with Gasteiger partial charge in [-0.05, 0) is 25.7 Å². The second-order valence-electron chi connectivity index (χ2n) is 8.66. The summed E-state index contributed by atoms with van der Waals surface area (Å²) in [6, 6.07) is 2.35. The third kappa shape index (κ3) is 5.04. The predicted molar refractivity (Wildman–Crippen MR) is 131 cm³/mol. The first-order valence-corrected chi connectivity index (χ1v) is 13.2. The van der Waals surface area contributed by atoms with Crippen LogP contribution in [0.1, 0.15) is 41.9 Å². The van der Waals surface area contributed by atoms with Crippen LogP contribution < -0.4 is 15.6 Å². The minimum atomic E-state index is -0.982. The number of anilines is 1. The summed E-state index contributed by atoms with van der Waals surface area (Å²) in [7, 11) is 0. The van der Waals surface area contributed by atoms with Gasteiger partial charge in [0.2, 0.25) is 11.5 Å². The number of carbonyl (C=O) groups excluding carboxylic acids is 2. The lowest BCUT2D eigenvalue weighted by Crippen LogP contribution is -2.69. The second kappa shape index (κ2) is 10.2. The van der Waals surface area contributed by atoms with Crippen molar-refractivity contribution in [2.24, 2.45) is 5.16 Å². The largest absolute Gasteiger partial charge is 0.478 e. The van der Waals surface area contributed by atoms with E-state index < -0.39 is 17.9 Å². The van der Waals surface area contributed by atoms with E-state index in [-0.39, 0.29) is 39.6 Å². The quantitative estimate of drug-likeness (QED) is 0.193. The molecule has 36 heavy (non-hydrogen) atoms. The zero-order chi connectivity index (χ0) is 25.2. The highest BCUT2D eigenvalue weighted by molar-refractivity contribution is 8.00. The lowest BCUT2D eigenvalue weighted by molar-refractivity contribution is -0.689. The van der Waals surface area contributed by atoms with Crippen molar-refractivity contribution >= 4 is 51.9 Å². The van der Waals surface area contributed by atoms with E-state index in [4.69, 9.17) is 15.7 Å². The number of carbonyl (C=O) groups is 3. The zero-order valence-electron chi connectivity index (χ0n) is 19.1. The van der Waals surface area contributed by atoms with Crippen LogP contribution in [0.2, 0.25) is 0 Å². The van der Waals surface area contributed by atoms with Gasteiger partial charge in [-0.1, -0.05) is 5.16 Å². The molecule has 1 unspecified atom stereocenters. The fourth-order valence-corrected chi connectivity index (χ4v) is 5.92. The van der Waals surface area contributed by atoms with Gasteiger partial charge in [-0.2, -0.15) is 9.36 Å². The lowest BCUT2D eigenvalue weighted by Gasteiger charge is -2.47. The molecule has 0 spiro atoms. The monoisotopic (exact) mass is 530 g/mol. The van der Waals surface area contributed by atoms with Crippen LogP contribution in [0.3, 0.4) is 0 Å². The Hall–Kier alpha value is -3.52. The molecule has 2 amide bonds. The molecule has 0 aromatic carbocycles. The summed E-state index contributed by atoms with van der Waals surface area (Å²) < 4.78 is 5.94. The number of nitrogens with one attached hydrogen (secondary N) is 1. The van der Waals surface area contributed by atoms with Gasteiger partial charge >= 0.3 is 5.97 Å². The summed E-state index contributed by atoms with van der Waals surface area (Å²) in [5, 5.41) is 15.8. The highest BCUT2D eigenvalue weighted by Crippen LogP contribution is 2.36. The topological polar surface area (TPSA) is 164 Å². The van der Waals surface area contributed by atoms with Crippen molar-refractivity contribution in [1.29, 1.82) is 0 Å². The molecule has 2 aliphatic heterocycles. The number of nitrogen functional groups attached to an aromatic ring is 1. The average molecular weight is 531 g/mol. The number of amides is 2.